The summed E-state index contributed by atoms with van der Waals surface area (Å²) < 4.78 is 25.0. The lowest BCUT2D eigenvalue weighted by molar-refractivity contribution is -0.0921. The Balaban J connectivity index is 1.81. The summed E-state index contributed by atoms with van der Waals surface area (Å²) in [5.41, 5.74) is -0.272. The van der Waals surface area contributed by atoms with Crippen LogP contribution in [0.3, 0.4) is 0 Å². The summed E-state index contributed by atoms with van der Waals surface area (Å²) in [6.07, 6.45) is 2.01. The standard InChI is InChI=1S/C15H16ClFO3/c16-11-1-2-13(17)12(7-11)14(18)10-3-5-20-15(8-10)4-6-19-9-15/h1-2,7,10H,3-6,8-9H2. The van der Waals surface area contributed by atoms with Crippen LogP contribution in [-0.4, -0.2) is 31.2 Å². The fourth-order valence-electron chi connectivity index (χ4n) is 3.02. The van der Waals surface area contributed by atoms with E-state index in [0.29, 0.717) is 37.7 Å². The van der Waals surface area contributed by atoms with Crippen molar-refractivity contribution < 1.29 is 18.7 Å². The second-order valence-electron chi connectivity index (χ2n) is 5.51. The van der Waals surface area contributed by atoms with Crippen LogP contribution in [0.4, 0.5) is 4.39 Å². The first-order valence-corrected chi connectivity index (χ1v) is 7.18. The number of carbonyl (C=O) groups is 1. The molecule has 108 valence electrons. The van der Waals surface area contributed by atoms with E-state index >= 15 is 0 Å². The van der Waals surface area contributed by atoms with Gasteiger partial charge in [-0.15, -0.1) is 0 Å². The molecule has 3 rings (SSSR count). The molecule has 0 bridgehead atoms. The van der Waals surface area contributed by atoms with E-state index in [1.54, 1.807) is 0 Å². The number of rotatable bonds is 2. The molecule has 2 aliphatic heterocycles. The minimum absolute atomic E-state index is 0.0819. The number of hydrogen-bond acceptors (Lipinski definition) is 3. The molecule has 0 radical (unpaired) electrons. The number of ketones is 1. The Morgan fingerprint density at radius 3 is 3.00 bits per heavy atom. The van der Waals surface area contributed by atoms with Gasteiger partial charge >= 0.3 is 0 Å². The Bertz CT molecular complexity index is 526. The fraction of sp³-hybridized carbons (Fsp3) is 0.533. The molecule has 2 saturated heterocycles. The third kappa shape index (κ3) is 2.60. The van der Waals surface area contributed by atoms with Crippen molar-refractivity contribution in [2.75, 3.05) is 19.8 Å². The van der Waals surface area contributed by atoms with Gasteiger partial charge in [-0.1, -0.05) is 11.6 Å². The molecule has 2 fully saturated rings. The van der Waals surface area contributed by atoms with Gasteiger partial charge in [-0.2, -0.15) is 0 Å². The van der Waals surface area contributed by atoms with Crippen LogP contribution < -0.4 is 0 Å². The summed E-state index contributed by atoms with van der Waals surface area (Å²) in [5, 5.41) is 0.376. The van der Waals surface area contributed by atoms with Gasteiger partial charge in [0.05, 0.1) is 17.8 Å². The Morgan fingerprint density at radius 2 is 2.25 bits per heavy atom. The Morgan fingerprint density at radius 1 is 1.40 bits per heavy atom. The van der Waals surface area contributed by atoms with Crippen LogP contribution >= 0.6 is 11.6 Å². The lowest BCUT2D eigenvalue weighted by Gasteiger charge is -2.36. The molecule has 0 saturated carbocycles. The Labute approximate surface area is 122 Å². The third-order valence-corrected chi connectivity index (χ3v) is 4.36. The monoisotopic (exact) mass is 298 g/mol. The highest BCUT2D eigenvalue weighted by Crippen LogP contribution is 2.37. The molecule has 2 atom stereocenters. The van der Waals surface area contributed by atoms with Gasteiger partial charge in [-0.25, -0.2) is 4.39 Å². The van der Waals surface area contributed by atoms with Crippen LogP contribution in [0.5, 0.6) is 0 Å². The molecule has 2 unspecified atom stereocenters. The first-order valence-electron chi connectivity index (χ1n) is 6.81. The van der Waals surface area contributed by atoms with Gasteiger partial charge in [0, 0.05) is 30.6 Å². The zero-order valence-corrected chi connectivity index (χ0v) is 11.8. The molecule has 2 aliphatic rings. The lowest BCUT2D eigenvalue weighted by Crippen LogP contribution is -2.42. The van der Waals surface area contributed by atoms with E-state index in [2.05, 4.69) is 0 Å². The molecule has 0 aromatic heterocycles. The predicted octanol–water partition coefficient (Wildman–Crippen LogP) is 3.25. The molecule has 0 N–H and O–H groups in total. The summed E-state index contributed by atoms with van der Waals surface area (Å²) in [7, 11) is 0. The lowest BCUT2D eigenvalue weighted by atomic mass is 9.81. The average Bonchev–Trinajstić information content (AvgIpc) is 2.88. The summed E-state index contributed by atoms with van der Waals surface area (Å²) in [5.74, 6) is -0.916. The normalized spacial score (nSPS) is 29.8. The van der Waals surface area contributed by atoms with E-state index in [-0.39, 0.29) is 22.9 Å². The topological polar surface area (TPSA) is 35.5 Å². The molecular formula is C15H16ClFO3. The Kier molecular flexibility index (Phi) is 3.80. The predicted molar refractivity (Wildman–Crippen MR) is 72.6 cm³/mol. The molecule has 1 aromatic carbocycles. The van der Waals surface area contributed by atoms with Crippen molar-refractivity contribution in [1.82, 2.24) is 0 Å². The molecule has 0 amide bonds. The minimum Gasteiger partial charge on any atom is -0.378 e. The van der Waals surface area contributed by atoms with Gasteiger partial charge in [0.1, 0.15) is 5.82 Å². The largest absolute Gasteiger partial charge is 0.378 e. The second kappa shape index (κ2) is 5.43. The van der Waals surface area contributed by atoms with Gasteiger partial charge in [0.2, 0.25) is 0 Å². The van der Waals surface area contributed by atoms with E-state index < -0.39 is 5.82 Å². The van der Waals surface area contributed by atoms with Crippen LogP contribution in [-0.2, 0) is 9.47 Å². The maximum absolute atomic E-state index is 13.8. The summed E-state index contributed by atoms with van der Waals surface area (Å²) in [6.45, 7) is 1.70. The smallest absolute Gasteiger partial charge is 0.169 e. The number of hydrogen-bond donors (Lipinski definition) is 0. The highest BCUT2D eigenvalue weighted by Gasteiger charge is 2.43. The van der Waals surface area contributed by atoms with Crippen molar-refractivity contribution in [3.05, 3.63) is 34.6 Å². The van der Waals surface area contributed by atoms with E-state index in [1.165, 1.54) is 18.2 Å². The van der Waals surface area contributed by atoms with E-state index in [0.717, 1.165) is 6.42 Å². The van der Waals surface area contributed by atoms with Crippen LogP contribution in [0.25, 0.3) is 0 Å². The van der Waals surface area contributed by atoms with Gasteiger partial charge in [-0.3, -0.25) is 4.79 Å². The molecule has 1 aromatic rings. The molecule has 2 heterocycles. The number of halogens is 2. The Hall–Kier alpha value is -0.970. The van der Waals surface area contributed by atoms with Gasteiger partial charge < -0.3 is 9.47 Å². The molecule has 5 heteroatoms. The van der Waals surface area contributed by atoms with Crippen LogP contribution in [0, 0.1) is 11.7 Å². The zero-order chi connectivity index (χ0) is 14.2. The quantitative estimate of drug-likeness (QED) is 0.786. The van der Waals surface area contributed by atoms with Crippen molar-refractivity contribution in [1.29, 1.82) is 0 Å². The number of carbonyl (C=O) groups excluding carboxylic acids is 1. The zero-order valence-electron chi connectivity index (χ0n) is 11.0. The third-order valence-electron chi connectivity index (χ3n) is 4.12. The maximum atomic E-state index is 13.8. The summed E-state index contributed by atoms with van der Waals surface area (Å²) >= 11 is 5.86. The van der Waals surface area contributed by atoms with Gasteiger partial charge in [-0.05, 0) is 31.0 Å². The van der Waals surface area contributed by atoms with E-state index in [4.69, 9.17) is 21.1 Å². The van der Waals surface area contributed by atoms with Crippen molar-refractivity contribution in [3.63, 3.8) is 0 Å². The van der Waals surface area contributed by atoms with E-state index in [9.17, 15) is 9.18 Å². The molecule has 3 nitrogen and oxygen atoms in total. The minimum atomic E-state index is -0.511. The average molecular weight is 299 g/mol. The summed E-state index contributed by atoms with van der Waals surface area (Å²) in [4.78, 5) is 12.5. The van der Waals surface area contributed by atoms with Crippen LogP contribution in [0.2, 0.25) is 5.02 Å². The highest BCUT2D eigenvalue weighted by atomic mass is 35.5. The van der Waals surface area contributed by atoms with Crippen molar-refractivity contribution in [2.24, 2.45) is 5.92 Å². The number of Topliss-reactive ketones (excluding diaryl/α,β-unsaturated/α-hetero) is 1. The molecule has 1 spiro atoms. The summed E-state index contributed by atoms with van der Waals surface area (Å²) in [6, 6.07) is 4.10. The second-order valence-corrected chi connectivity index (χ2v) is 5.95. The fourth-order valence-corrected chi connectivity index (χ4v) is 3.19. The van der Waals surface area contributed by atoms with Crippen molar-refractivity contribution >= 4 is 17.4 Å². The van der Waals surface area contributed by atoms with Crippen molar-refractivity contribution in [2.45, 2.75) is 24.9 Å². The van der Waals surface area contributed by atoms with E-state index in [1.807, 2.05) is 0 Å². The SMILES string of the molecule is O=C(c1cc(Cl)ccc1F)C1CCOC2(CCOC2)C1. The molecular weight excluding hydrogens is 283 g/mol. The van der Waals surface area contributed by atoms with Crippen LogP contribution in [0.15, 0.2) is 18.2 Å². The number of benzene rings is 1. The first-order chi connectivity index (χ1) is 9.60. The highest BCUT2D eigenvalue weighted by molar-refractivity contribution is 6.31. The van der Waals surface area contributed by atoms with Gasteiger partial charge in [0.15, 0.2) is 5.78 Å². The number of ether oxygens (including phenoxy) is 2. The first kappa shape index (κ1) is 14.0. The maximum Gasteiger partial charge on any atom is 0.169 e. The van der Waals surface area contributed by atoms with Crippen molar-refractivity contribution in [3.8, 4) is 0 Å². The molecule has 20 heavy (non-hydrogen) atoms. The van der Waals surface area contributed by atoms with Crippen LogP contribution in [0.1, 0.15) is 29.6 Å². The molecule has 0 aliphatic carbocycles. The van der Waals surface area contributed by atoms with Gasteiger partial charge in [0.25, 0.3) is 0 Å².